The van der Waals surface area contributed by atoms with Gasteiger partial charge in [0, 0.05) is 35.3 Å². The van der Waals surface area contributed by atoms with Crippen LogP contribution in [0.3, 0.4) is 0 Å². The molecule has 36 heavy (non-hydrogen) atoms. The van der Waals surface area contributed by atoms with E-state index in [1.54, 1.807) is 18.0 Å². The van der Waals surface area contributed by atoms with Gasteiger partial charge in [0.05, 0.1) is 16.7 Å². The lowest BCUT2D eigenvalue weighted by atomic mass is 9.53. The van der Waals surface area contributed by atoms with Gasteiger partial charge in [-0.1, -0.05) is 38.4 Å². The van der Waals surface area contributed by atoms with Gasteiger partial charge in [-0.2, -0.15) is 0 Å². The second-order valence-corrected chi connectivity index (χ2v) is 13.7. The Morgan fingerprint density at radius 1 is 1.42 bits per heavy atom. The van der Waals surface area contributed by atoms with E-state index in [4.69, 9.17) is 11.6 Å². The highest BCUT2D eigenvalue weighted by atomic mass is 35.5. The molecule has 0 bridgehead atoms. The number of fused-ring (bicyclic) bond motifs is 2. The molecule has 2 aromatic rings. The van der Waals surface area contributed by atoms with Gasteiger partial charge in [-0.15, -0.1) is 17.9 Å². The summed E-state index contributed by atoms with van der Waals surface area (Å²) in [6, 6.07) is 5.99. The molecular weight excluding hydrogens is 518 g/mol. The van der Waals surface area contributed by atoms with Crippen LogP contribution in [-0.4, -0.2) is 49.0 Å². The zero-order chi connectivity index (χ0) is 26.4. The number of nitrogens with zero attached hydrogens (tertiary/aromatic N) is 2. The molecule has 2 aliphatic carbocycles. The van der Waals surface area contributed by atoms with E-state index in [0.29, 0.717) is 16.7 Å². The van der Waals surface area contributed by atoms with E-state index in [0.717, 1.165) is 29.8 Å². The number of carbonyl (C=O) groups excluding carboxylic acids is 1. The Hall–Kier alpha value is -1.94. The zero-order valence-corrected chi connectivity index (χ0v) is 23.5. The quantitative estimate of drug-likeness (QED) is 0.475. The summed E-state index contributed by atoms with van der Waals surface area (Å²) >= 11 is 7.26. The number of benzene rings is 1. The van der Waals surface area contributed by atoms with Crippen molar-refractivity contribution < 1.29 is 18.3 Å². The number of amides is 1. The second-order valence-electron chi connectivity index (χ2n) is 10.5. The predicted molar refractivity (Wildman–Crippen MR) is 144 cm³/mol. The Morgan fingerprint density at radius 3 is 2.72 bits per heavy atom. The number of nitrogens with one attached hydrogen (secondary N) is 1. The number of sulfonamides is 1. The lowest BCUT2D eigenvalue weighted by molar-refractivity contribution is -0.143. The molecule has 2 N–H and O–H groups in total. The highest BCUT2D eigenvalue weighted by Gasteiger charge is 2.54. The third kappa shape index (κ3) is 4.95. The van der Waals surface area contributed by atoms with E-state index in [-0.39, 0.29) is 39.9 Å². The van der Waals surface area contributed by atoms with Crippen molar-refractivity contribution >= 4 is 44.0 Å². The molecule has 0 radical (unpaired) electrons. The molecule has 0 saturated heterocycles. The Morgan fingerprint density at radius 2 is 2.08 bits per heavy atom. The lowest BCUT2D eigenvalue weighted by Gasteiger charge is -2.53. The first-order valence-corrected chi connectivity index (χ1v) is 14.9. The summed E-state index contributed by atoms with van der Waals surface area (Å²) in [5, 5.41) is 12.4. The van der Waals surface area contributed by atoms with Crippen LogP contribution in [0.25, 0.3) is 0 Å². The van der Waals surface area contributed by atoms with Crippen LogP contribution in [0.4, 0.5) is 5.13 Å². The smallest absolute Gasteiger partial charge is 0.263 e. The molecule has 0 spiro atoms. The number of likely N-dealkylation sites (N-methyl/N-ethyl adjacent to an activating group) is 1. The van der Waals surface area contributed by atoms with Gasteiger partial charge in [-0.25, -0.2) is 13.4 Å². The van der Waals surface area contributed by atoms with Crippen molar-refractivity contribution in [3.05, 3.63) is 52.5 Å². The summed E-state index contributed by atoms with van der Waals surface area (Å²) < 4.78 is 28.4. The van der Waals surface area contributed by atoms with E-state index >= 15 is 0 Å². The number of thiazole rings is 1. The van der Waals surface area contributed by atoms with Crippen LogP contribution in [-0.2, 0) is 21.2 Å². The molecule has 2 aliphatic rings. The summed E-state index contributed by atoms with van der Waals surface area (Å²) in [4.78, 5) is 20.5. The topological polar surface area (TPSA) is 99.6 Å². The van der Waals surface area contributed by atoms with Crippen LogP contribution in [0.1, 0.15) is 50.1 Å². The molecule has 1 aromatic carbocycles. The van der Waals surface area contributed by atoms with Crippen LogP contribution < -0.4 is 4.72 Å². The SMILES string of the molecule is C=CCN(C)C(=O)[C@@H](C)[C@H]1CC[C@]2(C)Cc3sc(NS(=O)(=O)c4ccc(Cl)cc4)nc3[C@@H](C)[C@@H]2[C@H]1O. The number of halogens is 1. The molecule has 6 atom stereocenters. The fourth-order valence-corrected chi connectivity index (χ4v) is 8.82. The molecule has 196 valence electrons. The largest absolute Gasteiger partial charge is 0.392 e. The van der Waals surface area contributed by atoms with Crippen molar-refractivity contribution in [2.24, 2.45) is 23.2 Å². The van der Waals surface area contributed by atoms with Crippen molar-refractivity contribution in [2.75, 3.05) is 18.3 Å². The summed E-state index contributed by atoms with van der Waals surface area (Å²) in [7, 11) is -2.04. The fraction of sp³-hybridized carbons (Fsp3) is 0.538. The Bertz CT molecular complexity index is 1250. The number of hydrogen-bond donors (Lipinski definition) is 2. The van der Waals surface area contributed by atoms with Gasteiger partial charge in [0.1, 0.15) is 0 Å². The van der Waals surface area contributed by atoms with Crippen molar-refractivity contribution in [2.45, 2.75) is 57.0 Å². The monoisotopic (exact) mass is 551 g/mol. The fourth-order valence-electron chi connectivity index (χ4n) is 6.19. The molecule has 0 unspecified atom stereocenters. The highest BCUT2D eigenvalue weighted by Crippen LogP contribution is 2.57. The average molecular weight is 552 g/mol. The molecule has 1 fully saturated rings. The molecule has 1 aromatic heterocycles. The number of aliphatic hydroxyl groups excluding tert-OH is 1. The van der Waals surface area contributed by atoms with E-state index in [2.05, 4.69) is 30.1 Å². The summed E-state index contributed by atoms with van der Waals surface area (Å²) in [5.74, 6) is -0.589. The van der Waals surface area contributed by atoms with Crippen molar-refractivity contribution in [1.82, 2.24) is 9.88 Å². The number of aromatic nitrogens is 1. The normalized spacial score (nSPS) is 28.5. The minimum Gasteiger partial charge on any atom is -0.392 e. The number of aliphatic hydroxyl groups is 1. The molecule has 1 heterocycles. The predicted octanol–water partition coefficient (Wildman–Crippen LogP) is 4.93. The van der Waals surface area contributed by atoms with Crippen molar-refractivity contribution in [1.29, 1.82) is 0 Å². The van der Waals surface area contributed by atoms with Gasteiger partial charge in [0.25, 0.3) is 10.0 Å². The van der Waals surface area contributed by atoms with Crippen LogP contribution >= 0.6 is 22.9 Å². The maximum atomic E-state index is 13.0. The van der Waals surface area contributed by atoms with Crippen LogP contribution in [0, 0.1) is 23.2 Å². The first kappa shape index (κ1) is 27.1. The van der Waals surface area contributed by atoms with Crippen molar-refractivity contribution in [3.8, 4) is 0 Å². The third-order valence-electron chi connectivity index (χ3n) is 8.08. The zero-order valence-electron chi connectivity index (χ0n) is 21.1. The van der Waals surface area contributed by atoms with Gasteiger partial charge in [0.2, 0.25) is 5.91 Å². The van der Waals surface area contributed by atoms with E-state index in [1.165, 1.54) is 35.6 Å². The van der Waals surface area contributed by atoms with Crippen LogP contribution in [0.15, 0.2) is 41.8 Å². The maximum absolute atomic E-state index is 13.0. The van der Waals surface area contributed by atoms with E-state index in [1.807, 2.05) is 6.92 Å². The standard InChI is InChI=1S/C26H34ClN3O4S2/c1-6-13-30(5)24(32)15(2)19-11-12-26(4)14-20-22(16(3)21(26)23(19)31)28-25(35-20)29-36(33,34)18-9-7-17(27)8-10-18/h6-10,15-16,19,21,23,31H,1,11-14H2,2-5H3,(H,28,29)/t15-,16-,19+,21+,23-,26+/m0/s1. The van der Waals surface area contributed by atoms with Crippen molar-refractivity contribution in [3.63, 3.8) is 0 Å². The minimum absolute atomic E-state index is 0.0132. The average Bonchev–Trinajstić information content (AvgIpc) is 3.19. The van der Waals surface area contributed by atoms with Crippen LogP contribution in [0.5, 0.6) is 0 Å². The molecular formula is C26H34ClN3O4S2. The highest BCUT2D eigenvalue weighted by molar-refractivity contribution is 7.93. The van der Waals surface area contributed by atoms with Gasteiger partial charge in [0.15, 0.2) is 5.13 Å². The number of carbonyl (C=O) groups is 1. The molecule has 7 nitrogen and oxygen atoms in total. The first-order valence-electron chi connectivity index (χ1n) is 12.2. The van der Waals surface area contributed by atoms with E-state index < -0.39 is 16.1 Å². The van der Waals surface area contributed by atoms with E-state index in [9.17, 15) is 18.3 Å². The van der Waals surface area contributed by atoms with Gasteiger partial charge in [-0.3, -0.25) is 9.52 Å². The lowest BCUT2D eigenvalue weighted by Crippen LogP contribution is -2.53. The minimum atomic E-state index is -3.80. The summed E-state index contributed by atoms with van der Waals surface area (Å²) in [6.45, 7) is 10.3. The van der Waals surface area contributed by atoms with Gasteiger partial charge < -0.3 is 10.0 Å². The van der Waals surface area contributed by atoms with Gasteiger partial charge >= 0.3 is 0 Å². The Balaban J connectivity index is 1.57. The number of rotatable bonds is 7. The molecule has 10 heteroatoms. The Labute approximate surface area is 222 Å². The summed E-state index contributed by atoms with van der Waals surface area (Å²) in [6.07, 6.45) is 3.42. The molecule has 0 aliphatic heterocycles. The maximum Gasteiger partial charge on any atom is 0.263 e. The first-order chi connectivity index (χ1) is 16.9. The Kier molecular flexibility index (Phi) is 7.59. The molecule has 1 amide bonds. The number of hydrogen-bond acceptors (Lipinski definition) is 6. The molecule has 4 rings (SSSR count). The second kappa shape index (κ2) is 10.1. The van der Waals surface area contributed by atoms with Crippen LogP contribution in [0.2, 0.25) is 5.02 Å². The van der Waals surface area contributed by atoms with Gasteiger partial charge in [-0.05, 0) is 60.8 Å². The number of anilines is 1. The third-order valence-corrected chi connectivity index (χ3v) is 10.8. The summed E-state index contributed by atoms with van der Waals surface area (Å²) in [5.41, 5.74) is 0.676. The molecule has 1 saturated carbocycles.